The minimum absolute atomic E-state index is 0. The molecule has 1 aliphatic rings. The lowest BCUT2D eigenvalue weighted by atomic mass is 10.3. The van der Waals surface area contributed by atoms with E-state index < -0.39 is 0 Å². The van der Waals surface area contributed by atoms with E-state index in [0.29, 0.717) is 0 Å². The summed E-state index contributed by atoms with van der Waals surface area (Å²) in [4.78, 5) is 0. The van der Waals surface area contributed by atoms with Crippen molar-refractivity contribution >= 4 is 23.9 Å². The molecule has 0 spiro atoms. The summed E-state index contributed by atoms with van der Waals surface area (Å²) in [5.74, 6) is 0.721. The van der Waals surface area contributed by atoms with Crippen LogP contribution in [0.25, 0.3) is 0 Å². The van der Waals surface area contributed by atoms with Gasteiger partial charge in [-0.25, -0.2) is 0 Å². The first kappa shape index (κ1) is 9.86. The fourth-order valence-corrected chi connectivity index (χ4v) is 1.26. The minimum atomic E-state index is 0. The molecule has 2 rings (SSSR count). The molecule has 2 N–H and O–H groups in total. The maximum absolute atomic E-state index is 5.57. The van der Waals surface area contributed by atoms with Gasteiger partial charge in [0, 0.05) is 13.0 Å². The normalized spacial score (nSPS) is 15.1. The van der Waals surface area contributed by atoms with Gasteiger partial charge in [0.05, 0.1) is 5.69 Å². The first-order valence-electron chi connectivity index (χ1n) is 4.02. The molecule has 0 fully saturated rings. The van der Waals surface area contributed by atoms with Crippen LogP contribution in [0.4, 0.5) is 5.69 Å². The molecule has 0 aromatic heterocycles. The van der Waals surface area contributed by atoms with E-state index in [1.165, 1.54) is 0 Å². The van der Waals surface area contributed by atoms with E-state index in [-0.39, 0.29) is 12.4 Å². The van der Waals surface area contributed by atoms with Crippen LogP contribution in [0.15, 0.2) is 35.4 Å². The van der Waals surface area contributed by atoms with Gasteiger partial charge in [0.2, 0.25) is 0 Å². The summed E-state index contributed by atoms with van der Waals surface area (Å²) in [5.41, 5.74) is 6.68. The molecular weight excluding hydrogens is 186 g/mol. The Hall–Kier alpha value is -1.22. The molecule has 0 atom stereocenters. The predicted octanol–water partition coefficient (Wildman–Crippen LogP) is 1.59. The first-order chi connectivity index (χ1) is 5.86. The summed E-state index contributed by atoms with van der Waals surface area (Å²) in [6.45, 7) is 0.899. The number of nitrogens with zero attached hydrogens (tertiary/aromatic N) is 2. The Kier molecular flexibility index (Phi) is 3.14. The van der Waals surface area contributed by atoms with Gasteiger partial charge in [0.1, 0.15) is 5.84 Å². The number of nitrogens with two attached hydrogens (primary N) is 1. The molecule has 1 aliphatic heterocycles. The van der Waals surface area contributed by atoms with Gasteiger partial charge in [-0.2, -0.15) is 5.10 Å². The highest BCUT2D eigenvalue weighted by atomic mass is 35.5. The zero-order valence-corrected chi connectivity index (χ0v) is 8.00. The standard InChI is InChI=1S/C9H11N3.ClH/c10-9-6-7-12(11-9)8-4-2-1-3-5-8;/h1-5H,6-7H2,(H2,10,11);1H. The Labute approximate surface area is 83.6 Å². The van der Waals surface area contributed by atoms with Crippen LogP contribution in [0.5, 0.6) is 0 Å². The van der Waals surface area contributed by atoms with E-state index >= 15 is 0 Å². The number of anilines is 1. The van der Waals surface area contributed by atoms with Crippen molar-refractivity contribution in [1.29, 1.82) is 0 Å². The third kappa shape index (κ3) is 2.12. The Bertz CT molecular complexity index is 297. The van der Waals surface area contributed by atoms with Gasteiger partial charge in [-0.05, 0) is 12.1 Å². The highest BCUT2D eigenvalue weighted by molar-refractivity contribution is 5.85. The van der Waals surface area contributed by atoms with E-state index in [2.05, 4.69) is 5.10 Å². The molecule has 13 heavy (non-hydrogen) atoms. The second-order valence-corrected chi connectivity index (χ2v) is 2.80. The number of halogens is 1. The Morgan fingerprint density at radius 3 is 2.46 bits per heavy atom. The van der Waals surface area contributed by atoms with Gasteiger partial charge in [-0.15, -0.1) is 12.4 Å². The Balaban J connectivity index is 0.000000845. The average Bonchev–Trinajstić information content (AvgIpc) is 2.54. The molecule has 70 valence electrons. The van der Waals surface area contributed by atoms with Crippen LogP contribution in [0, 0.1) is 0 Å². The summed E-state index contributed by atoms with van der Waals surface area (Å²) < 4.78 is 0. The Morgan fingerprint density at radius 1 is 1.23 bits per heavy atom. The lowest BCUT2D eigenvalue weighted by Crippen LogP contribution is -2.11. The van der Waals surface area contributed by atoms with Gasteiger partial charge in [-0.1, -0.05) is 18.2 Å². The molecule has 1 aromatic carbocycles. The van der Waals surface area contributed by atoms with Gasteiger partial charge < -0.3 is 5.73 Å². The van der Waals surface area contributed by atoms with Crippen LogP contribution in [0.2, 0.25) is 0 Å². The van der Waals surface area contributed by atoms with Crippen LogP contribution in [0.3, 0.4) is 0 Å². The van der Waals surface area contributed by atoms with Crippen molar-refractivity contribution in [1.82, 2.24) is 0 Å². The third-order valence-corrected chi connectivity index (χ3v) is 1.88. The van der Waals surface area contributed by atoms with Crippen LogP contribution >= 0.6 is 12.4 Å². The zero-order valence-electron chi connectivity index (χ0n) is 7.18. The topological polar surface area (TPSA) is 41.6 Å². The third-order valence-electron chi connectivity index (χ3n) is 1.88. The maximum Gasteiger partial charge on any atom is 0.122 e. The molecule has 0 amide bonds. The van der Waals surface area contributed by atoms with Gasteiger partial charge >= 0.3 is 0 Å². The summed E-state index contributed by atoms with van der Waals surface area (Å²) >= 11 is 0. The monoisotopic (exact) mass is 197 g/mol. The lowest BCUT2D eigenvalue weighted by molar-refractivity contribution is 0.922. The highest BCUT2D eigenvalue weighted by Gasteiger charge is 2.11. The zero-order chi connectivity index (χ0) is 8.39. The Morgan fingerprint density at radius 2 is 1.92 bits per heavy atom. The second kappa shape index (κ2) is 4.14. The van der Waals surface area contributed by atoms with E-state index in [4.69, 9.17) is 5.73 Å². The molecular formula is C9H12ClN3. The summed E-state index contributed by atoms with van der Waals surface area (Å²) in [7, 11) is 0. The van der Waals surface area contributed by atoms with E-state index in [1.807, 2.05) is 35.3 Å². The predicted molar refractivity (Wildman–Crippen MR) is 57.3 cm³/mol. The number of hydrogen-bond donors (Lipinski definition) is 1. The molecule has 3 nitrogen and oxygen atoms in total. The molecule has 0 radical (unpaired) electrons. The van der Waals surface area contributed by atoms with Crippen LogP contribution < -0.4 is 10.7 Å². The molecule has 0 unspecified atom stereocenters. The van der Waals surface area contributed by atoms with Crippen molar-refractivity contribution in [2.45, 2.75) is 6.42 Å². The van der Waals surface area contributed by atoms with Crippen LogP contribution in [0.1, 0.15) is 6.42 Å². The van der Waals surface area contributed by atoms with E-state index in [1.54, 1.807) is 0 Å². The van der Waals surface area contributed by atoms with E-state index in [0.717, 1.165) is 24.5 Å². The molecule has 0 saturated carbocycles. The highest BCUT2D eigenvalue weighted by Crippen LogP contribution is 2.16. The molecule has 0 bridgehead atoms. The number of para-hydroxylation sites is 1. The molecule has 4 heteroatoms. The number of benzene rings is 1. The molecule has 0 aliphatic carbocycles. The number of hydrazone groups is 1. The fraction of sp³-hybridized carbons (Fsp3) is 0.222. The van der Waals surface area contributed by atoms with Crippen molar-refractivity contribution in [2.24, 2.45) is 10.8 Å². The van der Waals surface area contributed by atoms with E-state index in [9.17, 15) is 0 Å². The van der Waals surface area contributed by atoms with Gasteiger partial charge in [0.15, 0.2) is 0 Å². The number of amidine groups is 1. The molecule has 1 aromatic rings. The smallest absolute Gasteiger partial charge is 0.122 e. The quantitative estimate of drug-likeness (QED) is 0.743. The van der Waals surface area contributed by atoms with Gasteiger partial charge in [0.25, 0.3) is 0 Å². The minimum Gasteiger partial charge on any atom is -0.386 e. The number of rotatable bonds is 1. The van der Waals surface area contributed by atoms with Gasteiger partial charge in [-0.3, -0.25) is 5.01 Å². The summed E-state index contributed by atoms with van der Waals surface area (Å²) in [6, 6.07) is 10.1. The largest absolute Gasteiger partial charge is 0.386 e. The number of hydrogen-bond acceptors (Lipinski definition) is 3. The van der Waals surface area contributed by atoms with Crippen LogP contribution in [-0.2, 0) is 0 Å². The average molecular weight is 198 g/mol. The fourth-order valence-electron chi connectivity index (χ4n) is 1.26. The lowest BCUT2D eigenvalue weighted by Gasteiger charge is -2.12. The first-order valence-corrected chi connectivity index (χ1v) is 4.02. The maximum atomic E-state index is 5.57. The van der Waals surface area contributed by atoms with Crippen molar-refractivity contribution in [3.05, 3.63) is 30.3 Å². The SMILES string of the molecule is Cl.NC1=NN(c2ccccc2)CC1. The van der Waals surface area contributed by atoms with Crippen LogP contribution in [-0.4, -0.2) is 12.4 Å². The second-order valence-electron chi connectivity index (χ2n) is 2.80. The molecule has 0 saturated heterocycles. The van der Waals surface area contributed by atoms with Crippen molar-refractivity contribution < 1.29 is 0 Å². The summed E-state index contributed by atoms with van der Waals surface area (Å²) in [5, 5.41) is 6.11. The van der Waals surface area contributed by atoms with Crippen molar-refractivity contribution in [3.63, 3.8) is 0 Å². The summed E-state index contributed by atoms with van der Waals surface area (Å²) in [6.07, 6.45) is 0.870. The van der Waals surface area contributed by atoms with Crippen molar-refractivity contribution in [2.75, 3.05) is 11.6 Å². The molecule has 1 heterocycles. The van der Waals surface area contributed by atoms with Crippen molar-refractivity contribution in [3.8, 4) is 0 Å².